The highest BCUT2D eigenvalue weighted by atomic mass is 15.3. The van der Waals surface area contributed by atoms with Gasteiger partial charge in [-0.3, -0.25) is 0 Å². The Kier molecular flexibility index (Phi) is 4.72. The fourth-order valence-corrected chi connectivity index (χ4v) is 3.92. The Morgan fingerprint density at radius 2 is 1.88 bits per heavy atom. The minimum atomic E-state index is 0.497. The van der Waals surface area contributed by atoms with Crippen molar-refractivity contribution in [3.63, 3.8) is 0 Å². The van der Waals surface area contributed by atoms with Gasteiger partial charge in [0.15, 0.2) is 5.82 Å². The SMILES string of the molecule is Cc1cc(N(C)C2CCN(c3cc4c(nn3)CCN(C)C4)CC2)ncn1. The number of likely N-dealkylation sites (N-methyl/N-ethyl adjacent to an activating group) is 1. The molecule has 138 valence electrons. The largest absolute Gasteiger partial charge is 0.356 e. The number of hydrogen-bond acceptors (Lipinski definition) is 7. The van der Waals surface area contributed by atoms with Crippen LogP contribution in [0, 0.1) is 6.92 Å². The van der Waals surface area contributed by atoms with Crippen LogP contribution < -0.4 is 9.80 Å². The van der Waals surface area contributed by atoms with Gasteiger partial charge in [0.1, 0.15) is 12.1 Å². The summed E-state index contributed by atoms with van der Waals surface area (Å²) in [5, 5.41) is 9.00. The molecule has 0 aliphatic carbocycles. The van der Waals surface area contributed by atoms with Crippen LogP contribution in [0.3, 0.4) is 0 Å². The van der Waals surface area contributed by atoms with Gasteiger partial charge in [-0.15, -0.1) is 5.10 Å². The first-order chi connectivity index (χ1) is 12.6. The van der Waals surface area contributed by atoms with Crippen LogP contribution in [0.1, 0.15) is 29.8 Å². The fourth-order valence-electron chi connectivity index (χ4n) is 3.92. The third-order valence-electron chi connectivity index (χ3n) is 5.60. The van der Waals surface area contributed by atoms with Crippen molar-refractivity contribution in [3.05, 3.63) is 35.4 Å². The van der Waals surface area contributed by atoms with E-state index in [1.807, 2.05) is 6.92 Å². The molecule has 26 heavy (non-hydrogen) atoms. The molecule has 0 N–H and O–H groups in total. The van der Waals surface area contributed by atoms with Crippen LogP contribution in [0.15, 0.2) is 18.5 Å². The molecule has 0 saturated carbocycles. The van der Waals surface area contributed by atoms with Crippen molar-refractivity contribution >= 4 is 11.6 Å². The van der Waals surface area contributed by atoms with E-state index in [2.05, 4.69) is 61.1 Å². The molecule has 2 aliphatic heterocycles. The predicted molar refractivity (Wildman–Crippen MR) is 102 cm³/mol. The minimum absolute atomic E-state index is 0.497. The number of piperidine rings is 1. The lowest BCUT2D eigenvalue weighted by Gasteiger charge is -2.38. The molecule has 1 fully saturated rings. The van der Waals surface area contributed by atoms with Gasteiger partial charge in [0.05, 0.1) is 5.69 Å². The van der Waals surface area contributed by atoms with Gasteiger partial charge in [-0.05, 0) is 38.4 Å². The molecule has 4 rings (SSSR count). The first-order valence-electron chi connectivity index (χ1n) is 9.40. The first-order valence-corrected chi connectivity index (χ1v) is 9.40. The van der Waals surface area contributed by atoms with E-state index in [-0.39, 0.29) is 0 Å². The maximum atomic E-state index is 4.50. The summed E-state index contributed by atoms with van der Waals surface area (Å²) < 4.78 is 0. The van der Waals surface area contributed by atoms with Gasteiger partial charge < -0.3 is 14.7 Å². The lowest BCUT2D eigenvalue weighted by Crippen LogP contribution is -2.44. The summed E-state index contributed by atoms with van der Waals surface area (Å²) in [6.07, 6.45) is 4.84. The molecule has 7 heteroatoms. The summed E-state index contributed by atoms with van der Waals surface area (Å²) in [4.78, 5) is 15.6. The number of rotatable bonds is 3. The van der Waals surface area contributed by atoms with Crippen molar-refractivity contribution in [2.75, 3.05) is 43.5 Å². The number of nitrogens with zero attached hydrogens (tertiary/aromatic N) is 7. The van der Waals surface area contributed by atoms with Crippen molar-refractivity contribution in [2.45, 2.75) is 38.8 Å². The van der Waals surface area contributed by atoms with Crippen molar-refractivity contribution in [1.29, 1.82) is 0 Å². The molecule has 0 atom stereocenters. The molecular formula is C19H27N7. The second kappa shape index (κ2) is 7.15. The lowest BCUT2D eigenvalue weighted by molar-refractivity contribution is 0.308. The van der Waals surface area contributed by atoms with Gasteiger partial charge in [-0.2, -0.15) is 5.10 Å². The van der Waals surface area contributed by atoms with E-state index in [4.69, 9.17) is 0 Å². The Labute approximate surface area is 155 Å². The van der Waals surface area contributed by atoms with Gasteiger partial charge in [0.2, 0.25) is 0 Å². The van der Waals surface area contributed by atoms with Gasteiger partial charge in [-0.1, -0.05) is 0 Å². The Hall–Kier alpha value is -2.28. The molecule has 0 radical (unpaired) electrons. The Morgan fingerprint density at radius 1 is 1.08 bits per heavy atom. The van der Waals surface area contributed by atoms with E-state index >= 15 is 0 Å². The summed E-state index contributed by atoms with van der Waals surface area (Å²) in [6.45, 7) is 6.06. The summed E-state index contributed by atoms with van der Waals surface area (Å²) in [6, 6.07) is 4.80. The van der Waals surface area contributed by atoms with Crippen LogP contribution in [0.25, 0.3) is 0 Å². The lowest BCUT2D eigenvalue weighted by atomic mass is 10.0. The van der Waals surface area contributed by atoms with E-state index in [9.17, 15) is 0 Å². The highest BCUT2D eigenvalue weighted by Crippen LogP contribution is 2.25. The molecular weight excluding hydrogens is 326 g/mol. The molecule has 0 amide bonds. The maximum absolute atomic E-state index is 4.50. The van der Waals surface area contributed by atoms with Crippen LogP contribution in [-0.4, -0.2) is 64.8 Å². The molecule has 4 heterocycles. The van der Waals surface area contributed by atoms with Crippen molar-refractivity contribution in [2.24, 2.45) is 0 Å². The predicted octanol–water partition coefficient (Wildman–Crippen LogP) is 1.67. The zero-order valence-corrected chi connectivity index (χ0v) is 15.9. The normalized spacial score (nSPS) is 18.7. The van der Waals surface area contributed by atoms with E-state index in [0.29, 0.717) is 6.04 Å². The second-order valence-corrected chi connectivity index (χ2v) is 7.51. The Bertz CT molecular complexity index is 770. The smallest absolute Gasteiger partial charge is 0.151 e. The van der Waals surface area contributed by atoms with Crippen molar-refractivity contribution < 1.29 is 0 Å². The first kappa shape index (κ1) is 17.1. The fraction of sp³-hybridized carbons (Fsp3) is 0.579. The van der Waals surface area contributed by atoms with Gasteiger partial charge in [0, 0.05) is 57.4 Å². The van der Waals surface area contributed by atoms with E-state index in [1.54, 1.807) is 6.33 Å². The molecule has 7 nitrogen and oxygen atoms in total. The zero-order valence-electron chi connectivity index (χ0n) is 15.9. The summed E-state index contributed by atoms with van der Waals surface area (Å²) in [7, 11) is 4.30. The maximum Gasteiger partial charge on any atom is 0.151 e. The van der Waals surface area contributed by atoms with Crippen LogP contribution in [0.2, 0.25) is 0 Å². The van der Waals surface area contributed by atoms with Gasteiger partial charge in [-0.25, -0.2) is 9.97 Å². The molecule has 0 unspecified atom stereocenters. The van der Waals surface area contributed by atoms with Crippen LogP contribution >= 0.6 is 0 Å². The second-order valence-electron chi connectivity index (χ2n) is 7.51. The number of anilines is 2. The number of fused-ring (bicyclic) bond motifs is 1. The Morgan fingerprint density at radius 3 is 2.65 bits per heavy atom. The molecule has 2 aromatic heterocycles. The zero-order chi connectivity index (χ0) is 18.1. The van der Waals surface area contributed by atoms with Crippen LogP contribution in [0.5, 0.6) is 0 Å². The number of hydrogen-bond donors (Lipinski definition) is 0. The Balaban J connectivity index is 1.41. The topological polar surface area (TPSA) is 61.3 Å². The molecule has 0 spiro atoms. The van der Waals surface area contributed by atoms with E-state index in [0.717, 1.165) is 62.8 Å². The summed E-state index contributed by atoms with van der Waals surface area (Å²) >= 11 is 0. The highest BCUT2D eigenvalue weighted by Gasteiger charge is 2.25. The third-order valence-corrected chi connectivity index (χ3v) is 5.60. The average molecular weight is 353 g/mol. The van der Waals surface area contributed by atoms with E-state index in [1.165, 1.54) is 11.3 Å². The molecule has 0 bridgehead atoms. The summed E-state index contributed by atoms with van der Waals surface area (Å²) in [5.41, 5.74) is 3.51. The number of aryl methyl sites for hydroxylation is 1. The summed E-state index contributed by atoms with van der Waals surface area (Å²) in [5.74, 6) is 2.03. The number of aromatic nitrogens is 4. The van der Waals surface area contributed by atoms with Crippen molar-refractivity contribution in [3.8, 4) is 0 Å². The van der Waals surface area contributed by atoms with Gasteiger partial charge >= 0.3 is 0 Å². The van der Waals surface area contributed by atoms with Gasteiger partial charge in [0.25, 0.3) is 0 Å². The van der Waals surface area contributed by atoms with Crippen LogP contribution in [-0.2, 0) is 13.0 Å². The molecule has 1 saturated heterocycles. The highest BCUT2D eigenvalue weighted by molar-refractivity contribution is 5.44. The molecule has 2 aromatic rings. The van der Waals surface area contributed by atoms with Crippen molar-refractivity contribution in [1.82, 2.24) is 25.1 Å². The standard InChI is InChI=1S/C19H27N7/c1-14-10-18(21-13-20-14)25(3)16-4-8-26(9-5-16)19-11-15-12-24(2)7-6-17(15)22-23-19/h10-11,13,16H,4-9,12H2,1-3H3. The third kappa shape index (κ3) is 3.49. The molecule has 2 aliphatic rings. The van der Waals surface area contributed by atoms with E-state index < -0.39 is 0 Å². The molecule has 0 aromatic carbocycles. The average Bonchev–Trinajstić information content (AvgIpc) is 2.67. The monoisotopic (exact) mass is 353 g/mol. The van der Waals surface area contributed by atoms with Crippen LogP contribution in [0.4, 0.5) is 11.6 Å². The quantitative estimate of drug-likeness (QED) is 0.832. The minimum Gasteiger partial charge on any atom is -0.356 e.